The number of halogens is 1. The van der Waals surface area contributed by atoms with E-state index in [1.54, 1.807) is 35.2 Å². The summed E-state index contributed by atoms with van der Waals surface area (Å²) in [6.45, 7) is 0.573. The van der Waals surface area contributed by atoms with Gasteiger partial charge in [0.1, 0.15) is 5.82 Å². The molecule has 2 amide bonds. The van der Waals surface area contributed by atoms with Crippen molar-refractivity contribution in [1.29, 1.82) is 0 Å². The van der Waals surface area contributed by atoms with E-state index in [0.717, 1.165) is 23.4 Å². The maximum Gasteiger partial charge on any atom is 0.255 e. The Labute approximate surface area is 175 Å². The fourth-order valence-electron chi connectivity index (χ4n) is 3.33. The number of hydrogen-bond acceptors (Lipinski definition) is 4. The van der Waals surface area contributed by atoms with Gasteiger partial charge in [-0.25, -0.2) is 12.8 Å². The third-order valence-corrected chi connectivity index (χ3v) is 6.11. The highest BCUT2D eigenvalue weighted by Crippen LogP contribution is 2.20. The van der Waals surface area contributed by atoms with E-state index in [4.69, 9.17) is 0 Å². The molecule has 9 heteroatoms. The van der Waals surface area contributed by atoms with Gasteiger partial charge in [-0.05, 0) is 31.0 Å². The first-order valence-corrected chi connectivity index (χ1v) is 11.5. The van der Waals surface area contributed by atoms with Crippen LogP contribution in [0.25, 0.3) is 0 Å². The molecule has 0 unspecified atom stereocenters. The molecule has 2 aromatic carbocycles. The molecule has 30 heavy (non-hydrogen) atoms. The van der Waals surface area contributed by atoms with E-state index in [-0.39, 0.29) is 18.0 Å². The summed E-state index contributed by atoms with van der Waals surface area (Å²) in [6, 6.07) is 12.4. The summed E-state index contributed by atoms with van der Waals surface area (Å²) in [5.74, 6) is -1.33. The Kier molecular flexibility index (Phi) is 6.84. The van der Waals surface area contributed by atoms with Crippen LogP contribution in [0.4, 0.5) is 10.1 Å². The van der Waals surface area contributed by atoms with Crippen LogP contribution in [0.5, 0.6) is 0 Å². The lowest BCUT2D eigenvalue weighted by atomic mass is 10.1. The lowest BCUT2D eigenvalue weighted by Gasteiger charge is -2.21. The smallest absolute Gasteiger partial charge is 0.255 e. The number of para-hydroxylation sites is 1. The van der Waals surface area contributed by atoms with Crippen molar-refractivity contribution in [2.75, 3.05) is 31.2 Å². The molecule has 1 N–H and O–H groups in total. The zero-order valence-corrected chi connectivity index (χ0v) is 17.5. The predicted octanol–water partition coefficient (Wildman–Crippen LogP) is 2.46. The molecule has 3 rings (SSSR count). The standard InChI is InChI=1S/C21H24FN3O4S/c1-30(28,29)25(14-16-8-2-4-10-18(16)22)15-20(26)23-19-11-5-3-9-17(19)21(27)24-12-6-7-13-24/h2-5,8-11H,6-7,12-15H2,1H3,(H,23,26). The molecule has 1 aliphatic rings. The van der Waals surface area contributed by atoms with Crippen molar-refractivity contribution in [3.05, 3.63) is 65.5 Å². The van der Waals surface area contributed by atoms with Gasteiger partial charge in [-0.2, -0.15) is 4.31 Å². The van der Waals surface area contributed by atoms with Crippen molar-refractivity contribution in [3.63, 3.8) is 0 Å². The molecule has 1 heterocycles. The van der Waals surface area contributed by atoms with Crippen molar-refractivity contribution >= 4 is 27.5 Å². The minimum absolute atomic E-state index is 0.167. The number of nitrogens with zero attached hydrogens (tertiary/aromatic N) is 2. The topological polar surface area (TPSA) is 86.8 Å². The maximum absolute atomic E-state index is 13.9. The van der Waals surface area contributed by atoms with Crippen molar-refractivity contribution in [2.45, 2.75) is 19.4 Å². The molecule has 1 aliphatic heterocycles. The van der Waals surface area contributed by atoms with Gasteiger partial charge in [0.2, 0.25) is 15.9 Å². The number of nitrogens with one attached hydrogen (secondary N) is 1. The SMILES string of the molecule is CS(=O)(=O)N(CC(=O)Nc1ccccc1C(=O)N1CCCC1)Cc1ccccc1F. The highest BCUT2D eigenvalue weighted by atomic mass is 32.2. The van der Waals surface area contributed by atoms with Crippen LogP contribution >= 0.6 is 0 Å². The zero-order valence-electron chi connectivity index (χ0n) is 16.7. The first-order valence-electron chi connectivity index (χ1n) is 9.62. The number of hydrogen-bond donors (Lipinski definition) is 1. The molecular formula is C21H24FN3O4S. The molecule has 0 spiro atoms. The van der Waals surface area contributed by atoms with Gasteiger partial charge in [-0.15, -0.1) is 0 Å². The molecular weight excluding hydrogens is 409 g/mol. The van der Waals surface area contributed by atoms with E-state index in [0.29, 0.717) is 24.3 Å². The van der Waals surface area contributed by atoms with E-state index >= 15 is 0 Å². The van der Waals surface area contributed by atoms with Crippen molar-refractivity contribution < 1.29 is 22.4 Å². The van der Waals surface area contributed by atoms with E-state index in [9.17, 15) is 22.4 Å². The van der Waals surface area contributed by atoms with Gasteiger partial charge in [0.15, 0.2) is 0 Å². The molecule has 0 bridgehead atoms. The summed E-state index contributed by atoms with van der Waals surface area (Å²) >= 11 is 0. The van der Waals surface area contributed by atoms with Crippen LogP contribution in [0.1, 0.15) is 28.8 Å². The number of carbonyl (C=O) groups excluding carboxylic acids is 2. The monoisotopic (exact) mass is 433 g/mol. The first-order chi connectivity index (χ1) is 14.3. The molecule has 0 aliphatic carbocycles. The van der Waals surface area contributed by atoms with Crippen LogP contribution in [-0.4, -0.2) is 55.3 Å². The van der Waals surface area contributed by atoms with Gasteiger partial charge >= 0.3 is 0 Å². The van der Waals surface area contributed by atoms with Gasteiger partial charge in [0.05, 0.1) is 24.1 Å². The predicted molar refractivity (Wildman–Crippen MR) is 112 cm³/mol. The summed E-state index contributed by atoms with van der Waals surface area (Å²) in [5, 5.41) is 2.63. The van der Waals surface area contributed by atoms with Crippen molar-refractivity contribution in [2.24, 2.45) is 0 Å². The van der Waals surface area contributed by atoms with Gasteiger partial charge in [0, 0.05) is 25.2 Å². The van der Waals surface area contributed by atoms with Gasteiger partial charge < -0.3 is 10.2 Å². The van der Waals surface area contributed by atoms with Crippen LogP contribution in [0.15, 0.2) is 48.5 Å². The second kappa shape index (κ2) is 9.36. The minimum atomic E-state index is -3.78. The molecule has 1 fully saturated rings. The molecule has 7 nitrogen and oxygen atoms in total. The molecule has 2 aromatic rings. The number of likely N-dealkylation sites (tertiary alicyclic amines) is 1. The molecule has 1 saturated heterocycles. The Bertz CT molecular complexity index is 1040. The number of carbonyl (C=O) groups is 2. The van der Waals surface area contributed by atoms with E-state index in [1.165, 1.54) is 18.2 Å². The number of anilines is 1. The summed E-state index contributed by atoms with van der Waals surface area (Å²) in [6.07, 6.45) is 2.85. The number of rotatable bonds is 7. The van der Waals surface area contributed by atoms with E-state index in [2.05, 4.69) is 5.32 Å². The quantitative estimate of drug-likeness (QED) is 0.727. The van der Waals surface area contributed by atoms with Crippen molar-refractivity contribution in [3.8, 4) is 0 Å². The first kappa shape index (κ1) is 21.9. The second-order valence-electron chi connectivity index (χ2n) is 7.22. The van der Waals surface area contributed by atoms with Crippen LogP contribution in [-0.2, 0) is 21.4 Å². The van der Waals surface area contributed by atoms with Crippen LogP contribution in [0.2, 0.25) is 0 Å². The Morgan fingerprint density at radius 2 is 1.70 bits per heavy atom. The molecule has 0 saturated carbocycles. The average Bonchev–Trinajstić information content (AvgIpc) is 3.23. The minimum Gasteiger partial charge on any atom is -0.339 e. The molecule has 160 valence electrons. The molecule has 0 atom stereocenters. The Balaban J connectivity index is 1.75. The fraction of sp³-hybridized carbons (Fsp3) is 0.333. The Morgan fingerprint density at radius 1 is 1.07 bits per heavy atom. The highest BCUT2D eigenvalue weighted by molar-refractivity contribution is 7.88. The summed E-state index contributed by atoms with van der Waals surface area (Å²) < 4.78 is 39.1. The van der Waals surface area contributed by atoms with E-state index < -0.39 is 28.3 Å². The third-order valence-electron chi connectivity index (χ3n) is 4.92. The lowest BCUT2D eigenvalue weighted by molar-refractivity contribution is -0.116. The Hall–Kier alpha value is -2.78. The summed E-state index contributed by atoms with van der Waals surface area (Å²) in [7, 11) is -3.78. The summed E-state index contributed by atoms with van der Waals surface area (Å²) in [4.78, 5) is 27.1. The Morgan fingerprint density at radius 3 is 2.37 bits per heavy atom. The van der Waals surface area contributed by atoms with E-state index in [1.807, 2.05) is 0 Å². The van der Waals surface area contributed by atoms with Crippen LogP contribution in [0.3, 0.4) is 0 Å². The van der Waals surface area contributed by atoms with Gasteiger partial charge in [-0.1, -0.05) is 30.3 Å². The maximum atomic E-state index is 13.9. The van der Waals surface area contributed by atoms with Crippen molar-refractivity contribution in [1.82, 2.24) is 9.21 Å². The average molecular weight is 434 g/mol. The van der Waals surface area contributed by atoms with Gasteiger partial charge in [0.25, 0.3) is 5.91 Å². The third kappa shape index (κ3) is 5.43. The van der Waals surface area contributed by atoms with Crippen LogP contribution in [0, 0.1) is 5.82 Å². The number of sulfonamides is 1. The fourth-order valence-corrected chi connectivity index (χ4v) is 4.05. The largest absolute Gasteiger partial charge is 0.339 e. The van der Waals surface area contributed by atoms with Crippen LogP contribution < -0.4 is 5.32 Å². The molecule has 0 aromatic heterocycles. The highest BCUT2D eigenvalue weighted by Gasteiger charge is 2.25. The van der Waals surface area contributed by atoms with Gasteiger partial charge in [-0.3, -0.25) is 9.59 Å². The molecule has 0 radical (unpaired) electrons. The second-order valence-corrected chi connectivity index (χ2v) is 9.20. The summed E-state index contributed by atoms with van der Waals surface area (Å²) in [5.41, 5.74) is 0.840. The number of amides is 2. The number of benzene rings is 2. The zero-order chi connectivity index (χ0) is 21.7. The normalized spacial score (nSPS) is 14.2. The lowest BCUT2D eigenvalue weighted by Crippen LogP contribution is -2.37.